The van der Waals surface area contributed by atoms with Crippen molar-refractivity contribution >= 4 is 11.9 Å². The fraction of sp³-hybridized carbons (Fsp3) is 0.923. The normalized spacial score (nSPS) is 56.6. The van der Waals surface area contributed by atoms with Crippen molar-refractivity contribution in [2.45, 2.75) is 127 Å². The monoisotopic (exact) mass is 534 g/mol. The van der Waals surface area contributed by atoms with Crippen molar-refractivity contribution in [2.75, 3.05) is 14.2 Å². The van der Waals surface area contributed by atoms with Crippen molar-refractivity contribution in [3.05, 3.63) is 0 Å². The summed E-state index contributed by atoms with van der Waals surface area (Å²) in [6.07, 6.45) is -0.764. The number of aliphatic carboxylic acids is 2. The minimum Gasteiger partial charge on any atom is -0.481 e. The smallest absolute Gasteiger partial charge is 0.312 e. The highest BCUT2D eigenvalue weighted by Gasteiger charge is 2.81. The van der Waals surface area contributed by atoms with E-state index < -0.39 is 74.0 Å². The molecular weight excluding hydrogens is 488 g/mol. The van der Waals surface area contributed by atoms with Crippen molar-refractivity contribution in [3.63, 3.8) is 0 Å². The molecule has 0 aromatic carbocycles. The van der Waals surface area contributed by atoms with E-state index in [0.29, 0.717) is 0 Å². The number of carboxylic acids is 2. The van der Waals surface area contributed by atoms with Crippen LogP contribution in [0.3, 0.4) is 0 Å². The van der Waals surface area contributed by atoms with Crippen molar-refractivity contribution in [3.8, 4) is 0 Å². The van der Waals surface area contributed by atoms with Gasteiger partial charge in [-0.3, -0.25) is 9.59 Å². The molecule has 0 radical (unpaired) electrons. The summed E-state index contributed by atoms with van der Waals surface area (Å²) in [5.41, 5.74) is -20.3. The Bertz CT molecular complexity index is 974. The predicted molar refractivity (Wildman–Crippen MR) is 132 cm³/mol. The molecule has 0 heterocycles. The third-order valence-electron chi connectivity index (χ3n) is 11.5. The minimum absolute atomic E-state index is 0.313. The highest BCUT2D eigenvalue weighted by molar-refractivity contribution is 5.78. The van der Waals surface area contributed by atoms with Crippen molar-refractivity contribution in [1.82, 2.24) is 0 Å². The summed E-state index contributed by atoms with van der Waals surface area (Å²) in [6, 6.07) is 0. The van der Waals surface area contributed by atoms with Gasteiger partial charge in [0, 0.05) is 14.2 Å². The van der Waals surface area contributed by atoms with E-state index in [1.165, 1.54) is 83.5 Å². The molecule has 2 aliphatic carbocycles. The van der Waals surface area contributed by atoms with Gasteiger partial charge >= 0.3 is 11.9 Å². The van der Waals surface area contributed by atoms with E-state index in [4.69, 9.17) is 14.2 Å². The lowest BCUT2D eigenvalue weighted by molar-refractivity contribution is -0.414. The van der Waals surface area contributed by atoms with E-state index in [1.54, 1.807) is 0 Å². The van der Waals surface area contributed by atoms with Gasteiger partial charge in [0.2, 0.25) is 0 Å². The third-order valence-corrected chi connectivity index (χ3v) is 11.5. The molecular formula is C26H46O11. The Morgan fingerprint density at radius 3 is 1.22 bits per heavy atom. The Morgan fingerprint density at radius 1 is 0.541 bits per heavy atom. The molecule has 10 atom stereocenters. The van der Waals surface area contributed by atoms with Gasteiger partial charge in [-0.2, -0.15) is 0 Å². The number of hydrogen-bond acceptors (Lipinski definition) is 9. The van der Waals surface area contributed by atoms with Gasteiger partial charge in [0.25, 0.3) is 0 Å². The lowest BCUT2D eigenvalue weighted by atomic mass is 9.46. The van der Waals surface area contributed by atoms with Crippen molar-refractivity contribution in [2.24, 2.45) is 10.8 Å². The highest BCUT2D eigenvalue weighted by atomic mass is 16.6. The first-order valence-corrected chi connectivity index (χ1v) is 12.3. The molecule has 0 aromatic rings. The maximum Gasteiger partial charge on any atom is 0.312 e. The first-order chi connectivity index (χ1) is 16.1. The molecule has 11 heteroatoms. The van der Waals surface area contributed by atoms with Gasteiger partial charge < -0.3 is 44.8 Å². The number of carboxylic acid groups (broad SMARTS) is 2. The van der Waals surface area contributed by atoms with E-state index in [9.17, 15) is 40.2 Å². The molecule has 0 saturated heterocycles. The Hall–Kier alpha value is -1.34. The van der Waals surface area contributed by atoms with Crippen LogP contribution in [0.1, 0.15) is 82.1 Å². The summed E-state index contributed by atoms with van der Waals surface area (Å²) in [7, 11) is 2.53. The molecule has 2 aliphatic rings. The van der Waals surface area contributed by atoms with Crippen LogP contribution in [-0.4, -0.2) is 102 Å². The lowest BCUT2D eigenvalue weighted by Gasteiger charge is -2.71. The molecule has 2 rings (SSSR count). The Labute approximate surface area is 218 Å². The number of rotatable bonds is 6. The number of aliphatic hydroxyl groups is 4. The molecule has 0 aromatic heterocycles. The Morgan fingerprint density at radius 2 is 0.865 bits per heavy atom. The van der Waals surface area contributed by atoms with Gasteiger partial charge in [0.05, 0.1) is 22.0 Å². The van der Waals surface area contributed by atoms with Gasteiger partial charge in [0.1, 0.15) is 33.6 Å². The van der Waals surface area contributed by atoms with Crippen LogP contribution in [-0.2, 0) is 23.8 Å². The molecule has 0 bridgehead atoms. The van der Waals surface area contributed by atoms with Crippen LogP contribution in [0.2, 0.25) is 0 Å². The number of carbonyl (C=O) groups is 2. The average Bonchev–Trinajstić information content (AvgIpc) is 2.75. The van der Waals surface area contributed by atoms with E-state index in [2.05, 4.69) is 0 Å². The van der Waals surface area contributed by atoms with E-state index in [0.717, 1.165) is 0 Å². The van der Waals surface area contributed by atoms with Gasteiger partial charge in [-0.15, -0.1) is 0 Å². The second-order valence-electron chi connectivity index (χ2n) is 13.0. The lowest BCUT2D eigenvalue weighted by Crippen LogP contribution is -2.87. The van der Waals surface area contributed by atoms with Crippen molar-refractivity contribution in [1.29, 1.82) is 0 Å². The Kier molecular flexibility index (Phi) is 6.97. The maximum atomic E-state index is 12.9. The second kappa shape index (κ2) is 8.09. The van der Waals surface area contributed by atoms with E-state index in [-0.39, 0.29) is 6.42 Å². The van der Waals surface area contributed by atoms with Crippen LogP contribution in [0, 0.1) is 10.8 Å². The standard InChI is InChI=1S/C26H46O11/c1-17(15(27)28)14-20(4,22(6,32)23(7,33)25(17,9)36-12)37-26(10)18(2,16(29)30)13-19(3,35-11)21(5,31)24(26,8)34/h31-34H,13-14H2,1-12H3,(H,27,28)(H,29,30)/t17?,18?,19-,20-,21?,22?,23?,24?,25-,26-/m1/s1. The second-order valence-corrected chi connectivity index (χ2v) is 13.0. The predicted octanol–water partition coefficient (Wildman–Crippen LogP) is 1.32. The molecule has 2 fully saturated rings. The molecule has 37 heavy (non-hydrogen) atoms. The van der Waals surface area contributed by atoms with Crippen LogP contribution in [0.25, 0.3) is 0 Å². The highest BCUT2D eigenvalue weighted by Crippen LogP contribution is 2.65. The number of hydrogen-bond donors (Lipinski definition) is 6. The van der Waals surface area contributed by atoms with Gasteiger partial charge in [-0.05, 0) is 82.1 Å². The molecule has 6 N–H and O–H groups in total. The maximum absolute atomic E-state index is 12.9. The number of methoxy groups -OCH3 is 2. The Balaban J connectivity index is 2.94. The molecule has 6 unspecified atom stereocenters. The van der Waals surface area contributed by atoms with Crippen LogP contribution in [0.5, 0.6) is 0 Å². The molecule has 2 saturated carbocycles. The third kappa shape index (κ3) is 3.25. The fourth-order valence-electron chi connectivity index (χ4n) is 7.12. The topological polar surface area (TPSA) is 183 Å². The first kappa shape index (κ1) is 31.9. The largest absolute Gasteiger partial charge is 0.481 e. The zero-order valence-corrected chi connectivity index (χ0v) is 24.1. The summed E-state index contributed by atoms with van der Waals surface area (Å²) in [5.74, 6) is -2.72. The van der Waals surface area contributed by atoms with Crippen LogP contribution < -0.4 is 0 Å². The summed E-state index contributed by atoms with van der Waals surface area (Å²) < 4.78 is 17.6. The van der Waals surface area contributed by atoms with Crippen molar-refractivity contribution < 1.29 is 54.4 Å². The minimum atomic E-state index is -2.34. The molecule has 0 amide bonds. The summed E-state index contributed by atoms with van der Waals surface area (Å²) in [6.45, 7) is 13.2. The quantitative estimate of drug-likeness (QED) is 0.289. The number of ether oxygens (including phenoxy) is 3. The zero-order valence-electron chi connectivity index (χ0n) is 24.1. The average molecular weight is 535 g/mol. The first-order valence-electron chi connectivity index (χ1n) is 12.3. The zero-order chi connectivity index (χ0) is 29.7. The molecule has 216 valence electrons. The summed E-state index contributed by atoms with van der Waals surface area (Å²) >= 11 is 0. The van der Waals surface area contributed by atoms with Crippen LogP contribution in [0.4, 0.5) is 0 Å². The van der Waals surface area contributed by atoms with Gasteiger partial charge in [0.15, 0.2) is 0 Å². The summed E-state index contributed by atoms with van der Waals surface area (Å²) in [4.78, 5) is 25.5. The molecule has 11 nitrogen and oxygen atoms in total. The van der Waals surface area contributed by atoms with Gasteiger partial charge in [-0.1, -0.05) is 0 Å². The molecule has 0 spiro atoms. The van der Waals surface area contributed by atoms with Gasteiger partial charge in [-0.25, -0.2) is 0 Å². The van der Waals surface area contributed by atoms with Crippen LogP contribution >= 0.6 is 0 Å². The SMILES string of the molecule is CO[C@]1(C)C(C)(C(=O)O)C[C@@](C)(O[C@]2(C)C(C)(C(=O)O)C[C@@](C)(OC)C(C)(O)C2(C)O)C(C)(O)C1(C)O. The molecule has 0 aliphatic heterocycles. The summed E-state index contributed by atoms with van der Waals surface area (Å²) in [5, 5.41) is 68.2. The van der Waals surface area contributed by atoms with Crippen LogP contribution in [0.15, 0.2) is 0 Å². The van der Waals surface area contributed by atoms with E-state index >= 15 is 0 Å². The van der Waals surface area contributed by atoms with E-state index in [1.807, 2.05) is 0 Å². The fourth-order valence-corrected chi connectivity index (χ4v) is 7.12.